The smallest absolute Gasteiger partial charge is 0.229 e. The van der Waals surface area contributed by atoms with Gasteiger partial charge in [-0.05, 0) is 24.5 Å². The van der Waals surface area contributed by atoms with Crippen molar-refractivity contribution >= 4 is 11.6 Å². The lowest BCUT2D eigenvalue weighted by atomic mass is 10.00. The van der Waals surface area contributed by atoms with Crippen molar-refractivity contribution in [3.63, 3.8) is 0 Å². The van der Waals surface area contributed by atoms with Gasteiger partial charge in [0.15, 0.2) is 0 Å². The summed E-state index contributed by atoms with van der Waals surface area (Å²) in [6.45, 7) is 4.93. The van der Waals surface area contributed by atoms with E-state index >= 15 is 0 Å². The number of hydrogen-bond acceptors (Lipinski definition) is 2. The van der Waals surface area contributed by atoms with Crippen molar-refractivity contribution < 1.29 is 4.79 Å². The molecule has 0 fully saturated rings. The highest BCUT2D eigenvalue weighted by Crippen LogP contribution is 2.31. The van der Waals surface area contributed by atoms with E-state index in [0.717, 1.165) is 24.1 Å². The van der Waals surface area contributed by atoms with Crippen molar-refractivity contribution in [1.82, 2.24) is 5.32 Å². The number of benzene rings is 1. The predicted octanol–water partition coefficient (Wildman–Crippen LogP) is 2.50. The number of fused-ring (bicyclic) bond motifs is 1. The molecular weight excluding hydrogens is 212 g/mol. The van der Waals surface area contributed by atoms with Crippen LogP contribution in [0.4, 0.5) is 5.69 Å². The van der Waals surface area contributed by atoms with Gasteiger partial charge >= 0.3 is 0 Å². The molecule has 1 aromatic carbocycles. The second kappa shape index (κ2) is 5.21. The van der Waals surface area contributed by atoms with Gasteiger partial charge in [-0.2, -0.15) is 0 Å². The molecule has 17 heavy (non-hydrogen) atoms. The summed E-state index contributed by atoms with van der Waals surface area (Å²) < 4.78 is 0. The van der Waals surface area contributed by atoms with Gasteiger partial charge in [0.05, 0.1) is 5.92 Å². The molecule has 0 aliphatic carbocycles. The van der Waals surface area contributed by atoms with Crippen LogP contribution >= 0.6 is 0 Å². The van der Waals surface area contributed by atoms with E-state index < -0.39 is 0 Å². The van der Waals surface area contributed by atoms with Gasteiger partial charge in [0.2, 0.25) is 5.91 Å². The molecule has 3 heteroatoms. The first-order valence-corrected chi connectivity index (χ1v) is 6.39. The third-order valence-electron chi connectivity index (χ3n) is 3.48. The summed E-state index contributed by atoms with van der Waals surface area (Å²) in [6, 6.07) is 8.35. The number of para-hydroxylation sites is 1. The lowest BCUT2D eigenvalue weighted by Gasteiger charge is -2.18. The van der Waals surface area contributed by atoms with Crippen LogP contribution in [0.15, 0.2) is 24.3 Å². The summed E-state index contributed by atoms with van der Waals surface area (Å²) in [5.74, 6) is 0.114. The molecule has 2 rings (SSSR count). The topological polar surface area (TPSA) is 41.1 Å². The minimum Gasteiger partial charge on any atom is -0.384 e. The Bertz CT molecular complexity index is 399. The molecule has 0 aromatic heterocycles. The molecule has 0 bridgehead atoms. The monoisotopic (exact) mass is 232 g/mol. The minimum absolute atomic E-state index is 0.0354. The molecule has 0 radical (unpaired) electrons. The van der Waals surface area contributed by atoms with Gasteiger partial charge in [0.25, 0.3) is 0 Å². The Balaban J connectivity index is 2.07. The summed E-state index contributed by atoms with van der Waals surface area (Å²) >= 11 is 0. The van der Waals surface area contributed by atoms with Gasteiger partial charge in [0, 0.05) is 18.3 Å². The van der Waals surface area contributed by atoms with Crippen molar-refractivity contribution in [2.45, 2.75) is 38.6 Å². The second-order valence-corrected chi connectivity index (χ2v) is 4.54. The minimum atomic E-state index is -0.0354. The predicted molar refractivity (Wildman–Crippen MR) is 70.2 cm³/mol. The summed E-state index contributed by atoms with van der Waals surface area (Å²) in [7, 11) is 0. The lowest BCUT2D eigenvalue weighted by molar-refractivity contribution is -0.122. The van der Waals surface area contributed by atoms with E-state index in [1.54, 1.807) is 0 Å². The summed E-state index contributed by atoms with van der Waals surface area (Å²) in [4.78, 5) is 12.2. The van der Waals surface area contributed by atoms with Crippen LogP contribution < -0.4 is 10.6 Å². The van der Waals surface area contributed by atoms with E-state index in [1.807, 2.05) is 24.3 Å². The number of amides is 1. The molecular formula is C14H20N2O. The molecule has 1 atom stereocenters. The van der Waals surface area contributed by atoms with Crippen LogP contribution in [0.5, 0.6) is 0 Å². The van der Waals surface area contributed by atoms with Crippen molar-refractivity contribution in [3.8, 4) is 0 Å². The average Bonchev–Trinajstić information content (AvgIpc) is 2.79. The van der Waals surface area contributed by atoms with Gasteiger partial charge in [-0.1, -0.05) is 32.0 Å². The molecule has 1 heterocycles. The van der Waals surface area contributed by atoms with E-state index in [2.05, 4.69) is 24.5 Å². The molecule has 1 aliphatic heterocycles. The molecule has 2 N–H and O–H groups in total. The van der Waals surface area contributed by atoms with E-state index in [9.17, 15) is 4.79 Å². The van der Waals surface area contributed by atoms with Crippen LogP contribution in [-0.4, -0.2) is 18.5 Å². The van der Waals surface area contributed by atoms with Crippen molar-refractivity contribution in [1.29, 1.82) is 0 Å². The quantitative estimate of drug-likeness (QED) is 0.837. The van der Waals surface area contributed by atoms with E-state index in [4.69, 9.17) is 0 Å². The molecule has 1 unspecified atom stereocenters. The maximum atomic E-state index is 12.2. The molecule has 1 aliphatic rings. The maximum Gasteiger partial charge on any atom is 0.229 e. The third kappa shape index (κ3) is 2.43. The summed E-state index contributed by atoms with van der Waals surface area (Å²) in [5, 5.41) is 6.40. The number of rotatable bonds is 4. The van der Waals surface area contributed by atoms with Gasteiger partial charge < -0.3 is 10.6 Å². The normalized spacial score (nSPS) is 17.7. The fourth-order valence-electron chi connectivity index (χ4n) is 2.31. The van der Waals surface area contributed by atoms with Gasteiger partial charge in [0.1, 0.15) is 0 Å². The van der Waals surface area contributed by atoms with Crippen LogP contribution in [0.25, 0.3) is 0 Å². The fourth-order valence-corrected chi connectivity index (χ4v) is 2.31. The standard InChI is InChI=1S/C14H20N2O/c1-3-10(4-2)16-14(17)12-9-15-13-8-6-5-7-11(12)13/h5-8,10,12,15H,3-4,9H2,1-2H3,(H,16,17). The number of carbonyl (C=O) groups excluding carboxylic acids is 1. The summed E-state index contributed by atoms with van der Waals surface area (Å²) in [6.07, 6.45) is 1.98. The van der Waals surface area contributed by atoms with Crippen LogP contribution in [0.3, 0.4) is 0 Å². The second-order valence-electron chi connectivity index (χ2n) is 4.54. The van der Waals surface area contributed by atoms with Crippen LogP contribution in [0, 0.1) is 0 Å². The lowest BCUT2D eigenvalue weighted by Crippen LogP contribution is -2.37. The number of carbonyl (C=O) groups is 1. The number of nitrogens with one attached hydrogen (secondary N) is 2. The number of anilines is 1. The first kappa shape index (κ1) is 12.0. The highest BCUT2D eigenvalue weighted by atomic mass is 16.2. The molecule has 0 saturated heterocycles. The largest absolute Gasteiger partial charge is 0.384 e. The average molecular weight is 232 g/mol. The van der Waals surface area contributed by atoms with Crippen molar-refractivity contribution in [3.05, 3.63) is 29.8 Å². The number of hydrogen-bond donors (Lipinski definition) is 2. The Hall–Kier alpha value is -1.51. The first-order valence-electron chi connectivity index (χ1n) is 6.39. The van der Waals surface area contributed by atoms with Crippen LogP contribution in [0.1, 0.15) is 38.2 Å². The molecule has 1 amide bonds. The van der Waals surface area contributed by atoms with Gasteiger partial charge in [-0.15, -0.1) is 0 Å². The molecule has 0 saturated carbocycles. The highest BCUT2D eigenvalue weighted by Gasteiger charge is 2.28. The van der Waals surface area contributed by atoms with Crippen LogP contribution in [-0.2, 0) is 4.79 Å². The van der Waals surface area contributed by atoms with Crippen molar-refractivity contribution in [2.75, 3.05) is 11.9 Å². The Morgan fingerprint density at radius 2 is 2.12 bits per heavy atom. The van der Waals surface area contributed by atoms with Gasteiger partial charge in [-0.25, -0.2) is 0 Å². The molecule has 92 valence electrons. The Labute approximate surface area is 103 Å². The zero-order valence-electron chi connectivity index (χ0n) is 10.5. The first-order chi connectivity index (χ1) is 8.26. The van der Waals surface area contributed by atoms with E-state index in [-0.39, 0.29) is 11.8 Å². The maximum absolute atomic E-state index is 12.2. The van der Waals surface area contributed by atoms with E-state index in [0.29, 0.717) is 12.6 Å². The zero-order valence-corrected chi connectivity index (χ0v) is 10.5. The fraction of sp³-hybridized carbons (Fsp3) is 0.500. The molecule has 3 nitrogen and oxygen atoms in total. The Morgan fingerprint density at radius 3 is 2.82 bits per heavy atom. The van der Waals surface area contributed by atoms with Crippen molar-refractivity contribution in [2.24, 2.45) is 0 Å². The molecule has 0 spiro atoms. The highest BCUT2D eigenvalue weighted by molar-refractivity contribution is 5.88. The summed E-state index contributed by atoms with van der Waals surface area (Å²) in [5.41, 5.74) is 2.22. The SMILES string of the molecule is CCC(CC)NC(=O)C1CNc2ccccc21. The zero-order chi connectivity index (χ0) is 12.3. The van der Waals surface area contributed by atoms with E-state index in [1.165, 1.54) is 0 Å². The third-order valence-corrected chi connectivity index (χ3v) is 3.48. The van der Waals surface area contributed by atoms with Crippen LogP contribution in [0.2, 0.25) is 0 Å². The Morgan fingerprint density at radius 1 is 1.41 bits per heavy atom. The Kier molecular flexibility index (Phi) is 3.67. The molecule has 1 aromatic rings. The van der Waals surface area contributed by atoms with Gasteiger partial charge in [-0.3, -0.25) is 4.79 Å².